The van der Waals surface area contributed by atoms with E-state index < -0.39 is 30.5 Å². The molecule has 4 N–H and O–H groups in total. The maximum atomic E-state index is 13.3. The van der Waals surface area contributed by atoms with E-state index in [0.717, 1.165) is 0 Å². The third-order valence-electron chi connectivity index (χ3n) is 1.92. The fourth-order valence-electron chi connectivity index (χ4n) is 1.03. The molecule has 0 spiro atoms. The molecule has 18 heavy (non-hydrogen) atoms. The van der Waals surface area contributed by atoms with Gasteiger partial charge in [-0.2, -0.15) is 0 Å². The van der Waals surface area contributed by atoms with Gasteiger partial charge in [-0.25, -0.2) is 14.0 Å². The number of aliphatic hydroxyl groups is 1. The molecule has 98 valence electrons. The average molecular weight is 321 g/mol. The summed E-state index contributed by atoms with van der Waals surface area (Å²) in [6, 6.07) is 3.23. The molecule has 1 aromatic rings. The van der Waals surface area contributed by atoms with Crippen LogP contribution in [0.15, 0.2) is 22.7 Å². The van der Waals surface area contributed by atoms with Crippen LogP contribution in [0.4, 0.5) is 14.9 Å². The molecule has 1 rings (SSSR count). The average Bonchev–Trinajstić information content (AvgIpc) is 2.29. The number of aliphatic carboxylic acids is 1. The van der Waals surface area contributed by atoms with Crippen LogP contribution in [-0.2, 0) is 4.79 Å². The highest BCUT2D eigenvalue weighted by Crippen LogP contribution is 2.18. The van der Waals surface area contributed by atoms with E-state index in [9.17, 15) is 14.0 Å². The Labute approximate surface area is 110 Å². The van der Waals surface area contributed by atoms with E-state index in [1.807, 2.05) is 0 Å². The lowest BCUT2D eigenvalue weighted by atomic mass is 10.3. The molecule has 2 amide bonds. The van der Waals surface area contributed by atoms with Gasteiger partial charge in [-0.15, -0.1) is 0 Å². The predicted molar refractivity (Wildman–Crippen MR) is 64.8 cm³/mol. The zero-order valence-corrected chi connectivity index (χ0v) is 10.6. The quantitative estimate of drug-likeness (QED) is 0.669. The van der Waals surface area contributed by atoms with Gasteiger partial charge in [0.2, 0.25) is 0 Å². The highest BCUT2D eigenvalue weighted by molar-refractivity contribution is 9.10. The van der Waals surface area contributed by atoms with Gasteiger partial charge in [0.25, 0.3) is 0 Å². The van der Waals surface area contributed by atoms with Crippen molar-refractivity contribution in [3.63, 3.8) is 0 Å². The second-order valence-corrected chi connectivity index (χ2v) is 4.23. The molecule has 0 saturated heterocycles. The number of rotatable bonds is 4. The number of carboxylic acid groups (broad SMARTS) is 1. The lowest BCUT2D eigenvalue weighted by Gasteiger charge is -2.10. The fourth-order valence-corrected chi connectivity index (χ4v) is 1.37. The van der Waals surface area contributed by atoms with Crippen LogP contribution in [0.3, 0.4) is 0 Å². The first-order valence-electron chi connectivity index (χ1n) is 4.81. The van der Waals surface area contributed by atoms with Crippen LogP contribution in [0.1, 0.15) is 0 Å². The maximum absolute atomic E-state index is 13.3. The zero-order chi connectivity index (χ0) is 13.7. The SMILES string of the molecule is O=C(NCC(O)C(=O)O)Nc1ccc(Br)cc1F. The van der Waals surface area contributed by atoms with Gasteiger partial charge < -0.3 is 20.8 Å². The van der Waals surface area contributed by atoms with E-state index in [2.05, 4.69) is 26.6 Å². The fraction of sp³-hybridized carbons (Fsp3) is 0.200. The summed E-state index contributed by atoms with van der Waals surface area (Å²) >= 11 is 3.06. The minimum absolute atomic E-state index is 0.0551. The van der Waals surface area contributed by atoms with Crippen molar-refractivity contribution in [1.29, 1.82) is 0 Å². The van der Waals surface area contributed by atoms with Crippen LogP contribution in [0.2, 0.25) is 0 Å². The number of carbonyl (C=O) groups is 2. The summed E-state index contributed by atoms with van der Waals surface area (Å²) in [6.07, 6.45) is -1.70. The summed E-state index contributed by atoms with van der Waals surface area (Å²) in [4.78, 5) is 21.5. The van der Waals surface area contributed by atoms with Crippen molar-refractivity contribution in [2.45, 2.75) is 6.10 Å². The topological polar surface area (TPSA) is 98.7 Å². The van der Waals surface area contributed by atoms with Crippen LogP contribution in [0.5, 0.6) is 0 Å². The molecule has 0 aliphatic rings. The van der Waals surface area contributed by atoms with E-state index in [1.165, 1.54) is 18.2 Å². The van der Waals surface area contributed by atoms with Gasteiger partial charge in [-0.3, -0.25) is 0 Å². The maximum Gasteiger partial charge on any atom is 0.334 e. The largest absolute Gasteiger partial charge is 0.479 e. The van der Waals surface area contributed by atoms with Crippen molar-refractivity contribution < 1.29 is 24.2 Å². The summed E-state index contributed by atoms with van der Waals surface area (Å²) in [5.41, 5.74) is -0.0551. The van der Waals surface area contributed by atoms with Crippen molar-refractivity contribution in [1.82, 2.24) is 5.32 Å². The van der Waals surface area contributed by atoms with Gasteiger partial charge in [0.1, 0.15) is 5.82 Å². The van der Waals surface area contributed by atoms with Crippen LogP contribution in [-0.4, -0.2) is 34.9 Å². The molecule has 0 aromatic heterocycles. The second kappa shape index (κ2) is 6.31. The number of carboxylic acids is 1. The van der Waals surface area contributed by atoms with Crippen molar-refractivity contribution >= 4 is 33.6 Å². The van der Waals surface area contributed by atoms with E-state index in [-0.39, 0.29) is 5.69 Å². The number of benzene rings is 1. The van der Waals surface area contributed by atoms with Crippen LogP contribution in [0.25, 0.3) is 0 Å². The molecule has 0 radical (unpaired) electrons. The van der Waals surface area contributed by atoms with E-state index in [4.69, 9.17) is 10.2 Å². The first-order valence-corrected chi connectivity index (χ1v) is 5.60. The van der Waals surface area contributed by atoms with Crippen LogP contribution in [0, 0.1) is 5.82 Å². The first-order chi connectivity index (χ1) is 8.40. The predicted octanol–water partition coefficient (Wildman–Crippen LogP) is 1.16. The Morgan fingerprint density at radius 2 is 2.11 bits per heavy atom. The van der Waals surface area contributed by atoms with Crippen LogP contribution >= 0.6 is 15.9 Å². The molecule has 1 atom stereocenters. The summed E-state index contributed by atoms with van der Waals surface area (Å²) in [7, 11) is 0. The first kappa shape index (κ1) is 14.4. The summed E-state index contributed by atoms with van der Waals surface area (Å²) in [5, 5.41) is 21.6. The Morgan fingerprint density at radius 3 is 2.67 bits per heavy atom. The van der Waals surface area contributed by atoms with Crippen LogP contribution < -0.4 is 10.6 Å². The Morgan fingerprint density at radius 1 is 1.44 bits per heavy atom. The van der Waals surface area contributed by atoms with Gasteiger partial charge >= 0.3 is 12.0 Å². The van der Waals surface area contributed by atoms with Gasteiger partial charge in [0.15, 0.2) is 6.10 Å². The smallest absolute Gasteiger partial charge is 0.334 e. The number of amides is 2. The number of hydrogen-bond acceptors (Lipinski definition) is 3. The molecule has 8 heteroatoms. The van der Waals surface area contributed by atoms with Crippen molar-refractivity contribution in [3.05, 3.63) is 28.5 Å². The van der Waals surface area contributed by atoms with Gasteiger partial charge in [-0.05, 0) is 18.2 Å². The number of hydrogen-bond donors (Lipinski definition) is 4. The lowest BCUT2D eigenvalue weighted by molar-refractivity contribution is -0.146. The molecular formula is C10H10BrFN2O4. The molecule has 1 aromatic carbocycles. The summed E-state index contributed by atoms with van der Waals surface area (Å²) < 4.78 is 13.8. The highest BCUT2D eigenvalue weighted by atomic mass is 79.9. The normalized spacial score (nSPS) is 11.7. The molecule has 0 aliphatic carbocycles. The molecule has 6 nitrogen and oxygen atoms in total. The second-order valence-electron chi connectivity index (χ2n) is 3.31. The van der Waals surface area contributed by atoms with Crippen molar-refractivity contribution in [2.24, 2.45) is 0 Å². The third kappa shape index (κ3) is 4.30. The van der Waals surface area contributed by atoms with Gasteiger partial charge in [-0.1, -0.05) is 15.9 Å². The third-order valence-corrected chi connectivity index (χ3v) is 2.41. The van der Waals surface area contributed by atoms with Gasteiger partial charge in [0, 0.05) is 4.47 Å². The molecular weight excluding hydrogens is 311 g/mol. The lowest BCUT2D eigenvalue weighted by Crippen LogP contribution is -2.38. The summed E-state index contributed by atoms with van der Waals surface area (Å²) in [6.45, 7) is -0.473. The Kier molecular flexibility index (Phi) is 5.05. The summed E-state index contributed by atoms with van der Waals surface area (Å²) in [5.74, 6) is -2.09. The van der Waals surface area contributed by atoms with E-state index >= 15 is 0 Å². The molecule has 0 fully saturated rings. The Bertz CT molecular complexity index is 469. The van der Waals surface area contributed by atoms with E-state index in [0.29, 0.717) is 4.47 Å². The molecule has 0 bridgehead atoms. The molecule has 0 saturated carbocycles. The van der Waals surface area contributed by atoms with Crippen molar-refractivity contribution in [2.75, 3.05) is 11.9 Å². The monoisotopic (exact) mass is 320 g/mol. The molecule has 0 aliphatic heterocycles. The number of carbonyl (C=O) groups excluding carboxylic acids is 1. The standard InChI is InChI=1S/C10H10BrFN2O4/c11-5-1-2-7(6(12)3-5)14-10(18)13-4-8(15)9(16)17/h1-3,8,15H,4H2,(H,16,17)(H2,13,14,18). The Hall–Kier alpha value is -1.67. The van der Waals surface area contributed by atoms with Gasteiger partial charge in [0.05, 0.1) is 12.2 Å². The number of aliphatic hydroxyl groups excluding tert-OH is 1. The highest BCUT2D eigenvalue weighted by Gasteiger charge is 2.14. The molecule has 0 heterocycles. The number of anilines is 1. The van der Waals surface area contributed by atoms with Crippen molar-refractivity contribution in [3.8, 4) is 0 Å². The minimum Gasteiger partial charge on any atom is -0.479 e. The number of halogens is 2. The zero-order valence-electron chi connectivity index (χ0n) is 8.98. The molecule has 1 unspecified atom stereocenters. The number of nitrogens with one attached hydrogen (secondary N) is 2. The minimum atomic E-state index is -1.70. The van der Waals surface area contributed by atoms with E-state index in [1.54, 1.807) is 0 Å². The Balaban J connectivity index is 2.52. The number of urea groups is 1.